The van der Waals surface area contributed by atoms with Crippen molar-refractivity contribution >= 4 is 16.8 Å². The number of hydrogen-bond acceptors (Lipinski definition) is 2. The molecule has 0 aliphatic rings. The van der Waals surface area contributed by atoms with E-state index in [9.17, 15) is 4.79 Å². The van der Waals surface area contributed by atoms with Gasteiger partial charge in [-0.25, -0.2) is 0 Å². The molecular weight excluding hydrogens is 152 g/mol. The number of rotatable bonds is 2. The van der Waals surface area contributed by atoms with Gasteiger partial charge >= 0.3 is 0 Å². The van der Waals surface area contributed by atoms with Crippen LogP contribution in [0.4, 0.5) is 0 Å². The van der Waals surface area contributed by atoms with Gasteiger partial charge in [0.15, 0.2) is 0 Å². The van der Waals surface area contributed by atoms with Crippen molar-refractivity contribution in [3.63, 3.8) is 0 Å². The molecule has 0 saturated heterocycles. The molecule has 1 aromatic heterocycles. The highest BCUT2D eigenvalue weighted by Gasteiger charge is 2.04. The molecule has 10 heavy (non-hydrogen) atoms. The summed E-state index contributed by atoms with van der Waals surface area (Å²) in [6, 6.07) is 1.65. The van der Waals surface area contributed by atoms with Crippen LogP contribution in [0.25, 0.3) is 0 Å². The van der Waals surface area contributed by atoms with Gasteiger partial charge in [0.05, 0.1) is 5.56 Å². The summed E-state index contributed by atoms with van der Waals surface area (Å²) in [7, 11) is 0. The van der Waals surface area contributed by atoms with Crippen LogP contribution in [0.3, 0.4) is 0 Å². The quantitative estimate of drug-likeness (QED) is 0.618. The summed E-state index contributed by atoms with van der Waals surface area (Å²) in [6.07, 6.45) is 2.15. The lowest BCUT2D eigenvalue weighted by Crippen LogP contribution is -1.82. The van der Waals surface area contributed by atoms with Crippen molar-refractivity contribution in [2.45, 2.75) is 13.3 Å². The summed E-state index contributed by atoms with van der Waals surface area (Å²) in [6.45, 7) is 1.95. The fourth-order valence-corrected chi connectivity index (χ4v) is 0.768. The van der Waals surface area contributed by atoms with E-state index in [0.29, 0.717) is 5.56 Å². The third-order valence-electron chi connectivity index (χ3n) is 1.23. The van der Waals surface area contributed by atoms with Crippen molar-refractivity contribution < 1.29 is 9.21 Å². The molecule has 0 saturated carbocycles. The molecule has 0 spiro atoms. The van der Waals surface area contributed by atoms with Gasteiger partial charge in [-0.2, -0.15) is 0 Å². The van der Waals surface area contributed by atoms with Crippen LogP contribution >= 0.6 is 11.6 Å². The fourth-order valence-electron chi connectivity index (χ4n) is 0.669. The van der Waals surface area contributed by atoms with E-state index in [0.717, 1.165) is 12.2 Å². The monoisotopic (exact) mass is 158 g/mol. The molecule has 0 aliphatic carbocycles. The fraction of sp³-hybridized carbons (Fsp3) is 0.286. The van der Waals surface area contributed by atoms with Gasteiger partial charge in [0.2, 0.25) is 0 Å². The van der Waals surface area contributed by atoms with Crippen molar-refractivity contribution in [3.05, 3.63) is 23.7 Å². The molecule has 1 rings (SSSR count). The Kier molecular flexibility index (Phi) is 2.12. The predicted octanol–water partition coefficient (Wildman–Crippen LogP) is 2.22. The predicted molar refractivity (Wildman–Crippen MR) is 38.3 cm³/mol. The van der Waals surface area contributed by atoms with E-state index in [1.165, 1.54) is 6.26 Å². The first kappa shape index (κ1) is 7.35. The molecule has 0 radical (unpaired) electrons. The summed E-state index contributed by atoms with van der Waals surface area (Å²) in [4.78, 5) is 10.5. The zero-order valence-corrected chi connectivity index (χ0v) is 6.31. The van der Waals surface area contributed by atoms with Gasteiger partial charge in [0, 0.05) is 6.42 Å². The van der Waals surface area contributed by atoms with Gasteiger partial charge in [-0.3, -0.25) is 4.79 Å². The Balaban J connectivity index is 2.88. The number of aryl methyl sites for hydroxylation is 1. The van der Waals surface area contributed by atoms with Crippen LogP contribution < -0.4 is 0 Å². The number of carbonyl (C=O) groups is 1. The highest BCUT2D eigenvalue weighted by Crippen LogP contribution is 2.10. The largest absolute Gasteiger partial charge is 0.469 e. The molecule has 54 valence electrons. The van der Waals surface area contributed by atoms with Crippen molar-refractivity contribution in [2.75, 3.05) is 0 Å². The minimum absolute atomic E-state index is 0.429. The highest BCUT2D eigenvalue weighted by atomic mass is 35.5. The Hall–Kier alpha value is -0.760. The van der Waals surface area contributed by atoms with Crippen LogP contribution in [0.2, 0.25) is 0 Å². The molecule has 0 unspecified atom stereocenters. The lowest BCUT2D eigenvalue weighted by Gasteiger charge is -1.80. The van der Waals surface area contributed by atoms with Crippen LogP contribution in [-0.4, -0.2) is 5.24 Å². The molecule has 1 heterocycles. The van der Waals surface area contributed by atoms with Crippen molar-refractivity contribution in [2.24, 2.45) is 0 Å². The minimum atomic E-state index is -0.469. The van der Waals surface area contributed by atoms with Gasteiger partial charge in [0.25, 0.3) is 5.24 Å². The first-order valence-electron chi connectivity index (χ1n) is 3.01. The second-order valence-electron chi connectivity index (χ2n) is 1.93. The van der Waals surface area contributed by atoms with E-state index >= 15 is 0 Å². The Morgan fingerprint density at radius 1 is 1.80 bits per heavy atom. The zero-order chi connectivity index (χ0) is 7.56. The molecule has 2 nitrogen and oxygen atoms in total. The van der Waals surface area contributed by atoms with Crippen molar-refractivity contribution in [3.8, 4) is 0 Å². The summed E-state index contributed by atoms with van der Waals surface area (Å²) in [5, 5.41) is -0.469. The van der Waals surface area contributed by atoms with Crippen LogP contribution in [0.1, 0.15) is 23.0 Å². The number of halogens is 1. The lowest BCUT2D eigenvalue weighted by atomic mass is 10.3. The van der Waals surface area contributed by atoms with Gasteiger partial charge in [0.1, 0.15) is 12.0 Å². The molecule has 0 fully saturated rings. The first-order chi connectivity index (χ1) is 4.74. The second kappa shape index (κ2) is 2.88. The molecular formula is C7H7ClO2. The summed E-state index contributed by atoms with van der Waals surface area (Å²) in [5.41, 5.74) is 0.429. The highest BCUT2D eigenvalue weighted by molar-refractivity contribution is 6.67. The maximum atomic E-state index is 10.5. The van der Waals surface area contributed by atoms with Crippen LogP contribution in [0, 0.1) is 0 Å². The van der Waals surface area contributed by atoms with Crippen molar-refractivity contribution in [1.82, 2.24) is 0 Å². The maximum absolute atomic E-state index is 10.5. The maximum Gasteiger partial charge on any atom is 0.255 e. The molecule has 0 N–H and O–H groups in total. The van der Waals surface area contributed by atoms with E-state index in [1.807, 2.05) is 6.92 Å². The summed E-state index contributed by atoms with van der Waals surface area (Å²) < 4.78 is 4.97. The van der Waals surface area contributed by atoms with Crippen LogP contribution in [0.15, 0.2) is 16.7 Å². The summed E-state index contributed by atoms with van der Waals surface area (Å²) in [5.74, 6) is 0.781. The molecule has 0 aromatic carbocycles. The lowest BCUT2D eigenvalue weighted by molar-refractivity contribution is 0.108. The third kappa shape index (κ3) is 1.39. The third-order valence-corrected chi connectivity index (χ3v) is 1.45. The topological polar surface area (TPSA) is 30.2 Å². The van der Waals surface area contributed by atoms with Gasteiger partial charge in [-0.05, 0) is 17.7 Å². The number of hydrogen-bond donors (Lipinski definition) is 0. The first-order valence-corrected chi connectivity index (χ1v) is 3.39. The molecule has 0 aliphatic heterocycles. The molecule has 3 heteroatoms. The molecule has 0 atom stereocenters. The smallest absolute Gasteiger partial charge is 0.255 e. The van der Waals surface area contributed by atoms with Gasteiger partial charge in [-0.1, -0.05) is 6.92 Å². The van der Waals surface area contributed by atoms with Gasteiger partial charge < -0.3 is 4.42 Å². The average molecular weight is 159 g/mol. The van der Waals surface area contributed by atoms with Crippen LogP contribution in [0.5, 0.6) is 0 Å². The second-order valence-corrected chi connectivity index (χ2v) is 2.27. The molecule has 1 aromatic rings. The van der Waals surface area contributed by atoms with E-state index < -0.39 is 5.24 Å². The Morgan fingerprint density at radius 2 is 2.50 bits per heavy atom. The Labute approximate surface area is 63.8 Å². The molecule has 0 bridgehead atoms. The Bertz CT molecular complexity index is 240. The number of furan rings is 1. The SMILES string of the molecule is CCc1cc(C(=O)Cl)co1. The van der Waals surface area contributed by atoms with E-state index in [1.54, 1.807) is 6.07 Å². The standard InChI is InChI=1S/C7H7ClO2/c1-2-6-3-5(4-10-6)7(8)9/h3-4H,2H2,1H3. The van der Waals surface area contributed by atoms with Gasteiger partial charge in [-0.15, -0.1) is 0 Å². The Morgan fingerprint density at radius 3 is 2.80 bits per heavy atom. The van der Waals surface area contributed by atoms with E-state index in [-0.39, 0.29) is 0 Å². The average Bonchev–Trinajstić information content (AvgIpc) is 2.34. The van der Waals surface area contributed by atoms with Crippen LogP contribution in [-0.2, 0) is 6.42 Å². The minimum Gasteiger partial charge on any atom is -0.469 e. The normalized spacial score (nSPS) is 9.80. The van der Waals surface area contributed by atoms with E-state index in [4.69, 9.17) is 16.0 Å². The number of carbonyl (C=O) groups excluding carboxylic acids is 1. The zero-order valence-electron chi connectivity index (χ0n) is 5.56. The van der Waals surface area contributed by atoms with Crippen molar-refractivity contribution in [1.29, 1.82) is 0 Å². The molecule has 0 amide bonds. The summed E-state index contributed by atoms with van der Waals surface area (Å²) >= 11 is 5.17. The van der Waals surface area contributed by atoms with E-state index in [2.05, 4.69) is 0 Å².